The molecule has 0 fully saturated rings. The summed E-state index contributed by atoms with van der Waals surface area (Å²) >= 11 is 9.21. The Labute approximate surface area is 188 Å². The van der Waals surface area contributed by atoms with Crippen LogP contribution in [0.3, 0.4) is 0 Å². The van der Waals surface area contributed by atoms with Gasteiger partial charge in [-0.2, -0.15) is 0 Å². The van der Waals surface area contributed by atoms with Crippen molar-refractivity contribution in [2.75, 3.05) is 11.9 Å². The Hall–Kier alpha value is -1.64. The third-order valence-corrected chi connectivity index (χ3v) is 7.84. The van der Waals surface area contributed by atoms with Crippen molar-refractivity contribution in [2.45, 2.75) is 32.9 Å². The van der Waals surface area contributed by atoms with E-state index in [-0.39, 0.29) is 18.3 Å². The van der Waals surface area contributed by atoms with Crippen LogP contribution in [0.4, 0.5) is 5.00 Å². The van der Waals surface area contributed by atoms with Gasteiger partial charge in [-0.1, -0.05) is 29.8 Å². The number of nitrogens with two attached hydrogens (primary N) is 1. The Morgan fingerprint density at radius 2 is 1.97 bits per heavy atom. The topological polar surface area (TPSA) is 75.4 Å². The van der Waals surface area contributed by atoms with Crippen LogP contribution in [0.2, 0.25) is 5.02 Å². The number of nitrogens with zero attached hydrogens (tertiary/aromatic N) is 1. The number of anilines is 1. The Kier molecular flexibility index (Phi) is 6.55. The van der Waals surface area contributed by atoms with Crippen LogP contribution in [0.25, 0.3) is 10.1 Å². The number of rotatable bonds is 4. The highest BCUT2D eigenvalue weighted by molar-refractivity contribution is 7.22. The molecule has 0 saturated heterocycles. The fraction of sp³-hybridized carbons (Fsp3) is 0.300. The van der Waals surface area contributed by atoms with Crippen LogP contribution in [0, 0.1) is 0 Å². The lowest BCUT2D eigenvalue weighted by Gasteiger charge is -2.30. The molecular formula is C20H21Cl2N3O2S2. The summed E-state index contributed by atoms with van der Waals surface area (Å²) in [6.45, 7) is 5.94. The minimum atomic E-state index is -0.506. The highest BCUT2D eigenvalue weighted by Crippen LogP contribution is 2.39. The molecule has 4 rings (SSSR count). The molecule has 3 heterocycles. The quantitative estimate of drug-likeness (QED) is 0.554. The van der Waals surface area contributed by atoms with Crippen molar-refractivity contribution >= 4 is 73.6 Å². The Bertz CT molecular complexity index is 1090. The van der Waals surface area contributed by atoms with E-state index in [1.54, 1.807) is 0 Å². The predicted octanol–water partition coefficient (Wildman–Crippen LogP) is 5.16. The van der Waals surface area contributed by atoms with Crippen molar-refractivity contribution in [2.24, 2.45) is 5.73 Å². The highest BCUT2D eigenvalue weighted by Gasteiger charge is 2.29. The molecule has 0 aliphatic carbocycles. The summed E-state index contributed by atoms with van der Waals surface area (Å²) in [7, 11) is 0. The van der Waals surface area contributed by atoms with Gasteiger partial charge >= 0.3 is 0 Å². The molecule has 5 nitrogen and oxygen atoms in total. The Morgan fingerprint density at radius 3 is 2.62 bits per heavy atom. The Morgan fingerprint density at radius 1 is 1.24 bits per heavy atom. The maximum Gasteiger partial charge on any atom is 0.267 e. The van der Waals surface area contributed by atoms with Gasteiger partial charge in [0.2, 0.25) is 0 Å². The lowest BCUT2D eigenvalue weighted by Crippen LogP contribution is -2.35. The first kappa shape index (κ1) is 22.1. The number of hydrogen-bond acceptors (Lipinski definition) is 5. The predicted molar refractivity (Wildman–Crippen MR) is 124 cm³/mol. The van der Waals surface area contributed by atoms with Crippen molar-refractivity contribution in [1.82, 2.24) is 4.90 Å². The molecule has 1 aromatic carbocycles. The van der Waals surface area contributed by atoms with Gasteiger partial charge in [-0.15, -0.1) is 35.1 Å². The van der Waals surface area contributed by atoms with Gasteiger partial charge in [0, 0.05) is 34.1 Å². The lowest BCUT2D eigenvalue weighted by atomic mass is 10.0. The lowest BCUT2D eigenvalue weighted by molar-refractivity contribution is 0.0999. The summed E-state index contributed by atoms with van der Waals surface area (Å²) in [5.41, 5.74) is 7.07. The van der Waals surface area contributed by atoms with E-state index < -0.39 is 5.91 Å². The van der Waals surface area contributed by atoms with E-state index >= 15 is 0 Å². The van der Waals surface area contributed by atoms with Crippen molar-refractivity contribution < 1.29 is 9.59 Å². The van der Waals surface area contributed by atoms with E-state index in [0.717, 1.165) is 40.0 Å². The second-order valence-electron chi connectivity index (χ2n) is 7.08. The molecule has 0 saturated carbocycles. The first-order valence-corrected chi connectivity index (χ1v) is 11.0. The molecule has 0 unspecified atom stereocenters. The number of thiophene rings is 2. The van der Waals surface area contributed by atoms with Crippen molar-refractivity contribution in [3.8, 4) is 0 Å². The average Bonchev–Trinajstić information content (AvgIpc) is 3.18. The number of halogens is 2. The second-order valence-corrected chi connectivity index (χ2v) is 9.62. The molecule has 2 amide bonds. The monoisotopic (exact) mass is 469 g/mol. The van der Waals surface area contributed by atoms with E-state index in [1.807, 2.05) is 24.3 Å². The van der Waals surface area contributed by atoms with Crippen molar-refractivity contribution in [3.63, 3.8) is 0 Å². The third-order valence-electron chi connectivity index (χ3n) is 5.03. The molecular weight excluding hydrogens is 449 g/mol. The molecule has 1 aliphatic heterocycles. The summed E-state index contributed by atoms with van der Waals surface area (Å²) < 4.78 is 0.950. The summed E-state index contributed by atoms with van der Waals surface area (Å²) in [4.78, 5) is 28.9. The molecule has 3 aromatic rings. The van der Waals surface area contributed by atoms with Crippen LogP contribution < -0.4 is 11.1 Å². The zero-order chi connectivity index (χ0) is 20.0. The van der Waals surface area contributed by atoms with Crippen LogP contribution >= 0.6 is 46.7 Å². The number of hydrogen-bond donors (Lipinski definition) is 2. The van der Waals surface area contributed by atoms with Crippen LogP contribution in [0.1, 0.15) is 44.3 Å². The third kappa shape index (κ3) is 4.02. The summed E-state index contributed by atoms with van der Waals surface area (Å²) in [5, 5.41) is 4.70. The van der Waals surface area contributed by atoms with Gasteiger partial charge in [0.15, 0.2) is 0 Å². The standard InChI is InChI=1S/C20H20ClN3O2S2.ClH/c1-10(2)24-8-7-11-14(9-24)28-20(15(11)18(22)25)23-19(26)17-16(21)12-5-3-4-6-13(12)27-17;/h3-6,10H,7-9H2,1-2H3,(H2,22,25)(H,23,26);1H. The van der Waals surface area contributed by atoms with Gasteiger partial charge in [-0.3, -0.25) is 14.5 Å². The van der Waals surface area contributed by atoms with Gasteiger partial charge in [0.05, 0.1) is 10.6 Å². The van der Waals surface area contributed by atoms with E-state index in [9.17, 15) is 9.59 Å². The zero-order valence-electron chi connectivity index (χ0n) is 16.0. The fourth-order valence-corrected chi connectivity index (χ4v) is 6.22. The molecule has 1 aliphatic rings. The number of primary amides is 1. The van der Waals surface area contributed by atoms with Gasteiger partial charge in [0.25, 0.3) is 11.8 Å². The smallest absolute Gasteiger partial charge is 0.267 e. The van der Waals surface area contributed by atoms with E-state index in [1.165, 1.54) is 22.7 Å². The zero-order valence-corrected chi connectivity index (χ0v) is 19.2. The molecule has 154 valence electrons. The van der Waals surface area contributed by atoms with Gasteiger partial charge in [-0.25, -0.2) is 0 Å². The van der Waals surface area contributed by atoms with Gasteiger partial charge in [0.1, 0.15) is 9.88 Å². The van der Waals surface area contributed by atoms with E-state index in [4.69, 9.17) is 17.3 Å². The normalized spacial score (nSPS) is 13.9. The molecule has 9 heteroatoms. The molecule has 0 atom stereocenters. The number of amides is 2. The first-order valence-electron chi connectivity index (χ1n) is 9.03. The first-order chi connectivity index (χ1) is 13.4. The van der Waals surface area contributed by atoms with E-state index in [2.05, 4.69) is 24.1 Å². The Balaban J connectivity index is 0.00000240. The number of carbonyl (C=O) groups is 2. The molecule has 0 spiro atoms. The molecule has 3 N–H and O–H groups in total. The van der Waals surface area contributed by atoms with Crippen LogP contribution in [-0.4, -0.2) is 29.3 Å². The van der Waals surface area contributed by atoms with Crippen molar-refractivity contribution in [3.05, 3.63) is 50.2 Å². The van der Waals surface area contributed by atoms with Crippen molar-refractivity contribution in [1.29, 1.82) is 0 Å². The minimum Gasteiger partial charge on any atom is -0.365 e. The van der Waals surface area contributed by atoms with Gasteiger partial charge in [-0.05, 0) is 31.9 Å². The maximum absolute atomic E-state index is 12.9. The minimum absolute atomic E-state index is 0. The number of fused-ring (bicyclic) bond motifs is 2. The second kappa shape index (κ2) is 8.62. The summed E-state index contributed by atoms with van der Waals surface area (Å²) in [5.74, 6) is -0.818. The van der Waals surface area contributed by atoms with Crippen LogP contribution in [0.5, 0.6) is 0 Å². The molecule has 0 radical (unpaired) electrons. The molecule has 0 bridgehead atoms. The largest absolute Gasteiger partial charge is 0.365 e. The number of carbonyl (C=O) groups excluding carboxylic acids is 2. The molecule has 2 aromatic heterocycles. The van der Waals surface area contributed by atoms with E-state index in [0.29, 0.717) is 26.5 Å². The summed E-state index contributed by atoms with van der Waals surface area (Å²) in [6, 6.07) is 8.05. The van der Waals surface area contributed by atoms with Crippen LogP contribution in [-0.2, 0) is 13.0 Å². The SMILES string of the molecule is CC(C)N1CCc2c(sc(NC(=O)c3sc4ccccc4c3Cl)c2C(N)=O)C1.Cl. The number of benzene rings is 1. The highest BCUT2D eigenvalue weighted by atomic mass is 35.5. The average molecular weight is 470 g/mol. The molecule has 29 heavy (non-hydrogen) atoms. The number of nitrogens with one attached hydrogen (secondary N) is 1. The van der Waals surface area contributed by atoms with Crippen LogP contribution in [0.15, 0.2) is 24.3 Å². The summed E-state index contributed by atoms with van der Waals surface area (Å²) in [6.07, 6.45) is 0.752. The van der Waals surface area contributed by atoms with Gasteiger partial charge < -0.3 is 11.1 Å². The fourth-order valence-electron chi connectivity index (χ4n) is 3.53. The maximum atomic E-state index is 12.9.